The Hall–Kier alpha value is -2.73. The van der Waals surface area contributed by atoms with E-state index in [1.54, 1.807) is 19.1 Å². The van der Waals surface area contributed by atoms with E-state index in [1.807, 2.05) is 48.5 Å². The molecule has 0 spiro atoms. The van der Waals surface area contributed by atoms with Gasteiger partial charge in [0, 0.05) is 29.1 Å². The predicted octanol–water partition coefficient (Wildman–Crippen LogP) is 4.48. The number of fused-ring (bicyclic) bond motifs is 1. The molecule has 1 fully saturated rings. The van der Waals surface area contributed by atoms with Gasteiger partial charge in [0.15, 0.2) is 0 Å². The largest absolute Gasteiger partial charge is 0.496 e. The quantitative estimate of drug-likeness (QED) is 0.758. The molecule has 29 heavy (non-hydrogen) atoms. The Morgan fingerprint density at radius 1 is 1.21 bits per heavy atom. The molecule has 2 aliphatic rings. The van der Waals surface area contributed by atoms with Crippen molar-refractivity contribution in [2.24, 2.45) is 0 Å². The van der Waals surface area contributed by atoms with Gasteiger partial charge >= 0.3 is 0 Å². The number of carbonyl (C=O) groups is 2. The van der Waals surface area contributed by atoms with Crippen LogP contribution in [0, 0.1) is 0 Å². The van der Waals surface area contributed by atoms with Crippen LogP contribution in [0.5, 0.6) is 5.75 Å². The molecule has 6 heteroatoms. The van der Waals surface area contributed by atoms with E-state index in [9.17, 15) is 9.59 Å². The third-order valence-electron chi connectivity index (χ3n) is 5.43. The zero-order valence-electron chi connectivity index (χ0n) is 16.6. The van der Waals surface area contributed by atoms with Crippen molar-refractivity contribution in [1.29, 1.82) is 0 Å². The highest BCUT2D eigenvalue weighted by molar-refractivity contribution is 8.04. The fourth-order valence-electron chi connectivity index (χ4n) is 3.80. The van der Waals surface area contributed by atoms with Crippen LogP contribution in [0.15, 0.2) is 52.3 Å². The molecule has 0 bridgehead atoms. The van der Waals surface area contributed by atoms with E-state index in [-0.39, 0.29) is 17.9 Å². The molecule has 0 radical (unpaired) electrons. The minimum atomic E-state index is -0.0956. The Labute approximate surface area is 175 Å². The topological polar surface area (TPSA) is 58.6 Å². The maximum atomic E-state index is 12.9. The van der Waals surface area contributed by atoms with Crippen LogP contribution < -0.4 is 15.0 Å². The minimum Gasteiger partial charge on any atom is -0.496 e. The van der Waals surface area contributed by atoms with Gasteiger partial charge in [0.25, 0.3) is 11.8 Å². The lowest BCUT2D eigenvalue weighted by Crippen LogP contribution is -2.33. The summed E-state index contributed by atoms with van der Waals surface area (Å²) in [5.74, 6) is 0.559. The Bertz CT molecular complexity index is 980. The van der Waals surface area contributed by atoms with Gasteiger partial charge in [-0.15, -0.1) is 0 Å². The van der Waals surface area contributed by atoms with Crippen molar-refractivity contribution in [3.05, 3.63) is 58.5 Å². The average Bonchev–Trinajstić information content (AvgIpc) is 3.25. The molecule has 0 saturated heterocycles. The van der Waals surface area contributed by atoms with Gasteiger partial charge in [0.2, 0.25) is 0 Å². The number of hydrogen-bond acceptors (Lipinski definition) is 4. The standard InChI is InChI=1S/C23H24N2O3S/c1-25-18-13-16(22(26)24-17-8-4-5-9-17)11-12-20(18)29-21(23(25)27)14-15-7-3-6-10-19(15)28-2/h3,6-7,10-14,17H,4-5,8-9H2,1-2H3,(H,24,26). The number of ether oxygens (including phenoxy) is 1. The highest BCUT2D eigenvalue weighted by atomic mass is 32.2. The lowest BCUT2D eigenvalue weighted by molar-refractivity contribution is -0.114. The summed E-state index contributed by atoms with van der Waals surface area (Å²) >= 11 is 1.42. The second-order valence-corrected chi connectivity index (χ2v) is 8.44. The Kier molecular flexibility index (Phi) is 5.62. The molecule has 0 atom stereocenters. The van der Waals surface area contributed by atoms with Crippen molar-refractivity contribution in [3.63, 3.8) is 0 Å². The molecule has 1 aliphatic carbocycles. The number of methoxy groups -OCH3 is 1. The maximum absolute atomic E-state index is 12.9. The fourth-order valence-corrected chi connectivity index (χ4v) is 4.88. The van der Waals surface area contributed by atoms with E-state index in [4.69, 9.17) is 4.74 Å². The van der Waals surface area contributed by atoms with Crippen molar-refractivity contribution in [2.75, 3.05) is 19.1 Å². The highest BCUT2D eigenvalue weighted by Crippen LogP contribution is 2.42. The second kappa shape index (κ2) is 8.33. The van der Waals surface area contributed by atoms with Gasteiger partial charge in [-0.2, -0.15) is 0 Å². The van der Waals surface area contributed by atoms with Crippen molar-refractivity contribution in [1.82, 2.24) is 5.32 Å². The number of likely N-dealkylation sites (N-methyl/N-ethyl adjacent to an activating group) is 1. The number of hydrogen-bond donors (Lipinski definition) is 1. The number of rotatable bonds is 4. The lowest BCUT2D eigenvalue weighted by atomic mass is 10.1. The Morgan fingerprint density at radius 2 is 1.97 bits per heavy atom. The smallest absolute Gasteiger partial charge is 0.264 e. The molecule has 0 aromatic heterocycles. The van der Waals surface area contributed by atoms with Gasteiger partial charge in [-0.25, -0.2) is 0 Å². The zero-order chi connectivity index (χ0) is 20.4. The third kappa shape index (κ3) is 4.03. The van der Waals surface area contributed by atoms with Crippen LogP contribution in [-0.4, -0.2) is 32.0 Å². The molecule has 2 aromatic rings. The van der Waals surface area contributed by atoms with Crippen LogP contribution in [0.3, 0.4) is 0 Å². The molecular weight excluding hydrogens is 384 g/mol. The summed E-state index contributed by atoms with van der Waals surface area (Å²) in [4.78, 5) is 28.7. The molecule has 1 aliphatic heterocycles. The number of para-hydroxylation sites is 1. The number of amides is 2. The van der Waals surface area contributed by atoms with Crippen molar-refractivity contribution < 1.29 is 14.3 Å². The van der Waals surface area contributed by atoms with Gasteiger partial charge in [0.05, 0.1) is 17.7 Å². The maximum Gasteiger partial charge on any atom is 0.264 e. The summed E-state index contributed by atoms with van der Waals surface area (Å²) in [6.07, 6.45) is 6.28. The molecular formula is C23H24N2O3S. The van der Waals surface area contributed by atoms with E-state index < -0.39 is 0 Å². The number of nitrogens with one attached hydrogen (secondary N) is 1. The number of thioether (sulfide) groups is 1. The summed E-state index contributed by atoms with van der Waals surface area (Å²) in [6, 6.07) is 13.4. The third-order valence-corrected chi connectivity index (χ3v) is 6.51. The number of benzene rings is 2. The molecule has 2 aromatic carbocycles. The highest BCUT2D eigenvalue weighted by Gasteiger charge is 2.28. The number of carbonyl (C=O) groups excluding carboxylic acids is 2. The van der Waals surface area contributed by atoms with Crippen LogP contribution in [0.25, 0.3) is 6.08 Å². The fraction of sp³-hybridized carbons (Fsp3) is 0.304. The lowest BCUT2D eigenvalue weighted by Gasteiger charge is -2.27. The summed E-state index contributed by atoms with van der Waals surface area (Å²) in [5, 5.41) is 3.11. The molecule has 0 unspecified atom stereocenters. The van der Waals surface area contributed by atoms with Crippen LogP contribution >= 0.6 is 11.8 Å². The predicted molar refractivity (Wildman–Crippen MR) is 116 cm³/mol. The molecule has 4 rings (SSSR count). The van der Waals surface area contributed by atoms with Gasteiger partial charge in [-0.3, -0.25) is 9.59 Å². The van der Waals surface area contributed by atoms with Crippen LogP contribution in [0.1, 0.15) is 41.6 Å². The summed E-state index contributed by atoms with van der Waals surface area (Å²) in [7, 11) is 3.36. The molecule has 1 N–H and O–H groups in total. The summed E-state index contributed by atoms with van der Waals surface area (Å²) in [5.41, 5.74) is 2.21. The first-order valence-electron chi connectivity index (χ1n) is 9.82. The first-order chi connectivity index (χ1) is 14.1. The van der Waals surface area contributed by atoms with Crippen LogP contribution in [0.2, 0.25) is 0 Å². The van der Waals surface area contributed by atoms with E-state index in [0.717, 1.165) is 34.7 Å². The first-order valence-corrected chi connectivity index (χ1v) is 10.6. The average molecular weight is 409 g/mol. The minimum absolute atomic E-state index is 0.0686. The van der Waals surface area contributed by atoms with Crippen molar-refractivity contribution in [3.8, 4) is 5.75 Å². The normalized spacial score (nSPS) is 18.1. The number of nitrogens with zero attached hydrogens (tertiary/aromatic N) is 1. The Morgan fingerprint density at radius 3 is 2.72 bits per heavy atom. The molecule has 1 saturated carbocycles. The second-order valence-electron chi connectivity index (χ2n) is 7.35. The van der Waals surface area contributed by atoms with Gasteiger partial charge < -0.3 is 15.0 Å². The Balaban J connectivity index is 1.60. The summed E-state index contributed by atoms with van der Waals surface area (Å²) < 4.78 is 5.39. The molecule has 1 heterocycles. The van der Waals surface area contributed by atoms with Gasteiger partial charge in [0.1, 0.15) is 5.75 Å². The van der Waals surface area contributed by atoms with Crippen molar-refractivity contribution >= 4 is 35.3 Å². The van der Waals surface area contributed by atoms with E-state index in [0.29, 0.717) is 10.5 Å². The van der Waals surface area contributed by atoms with Crippen LogP contribution in [-0.2, 0) is 4.79 Å². The zero-order valence-corrected chi connectivity index (χ0v) is 17.4. The molecule has 2 amide bonds. The molecule has 150 valence electrons. The SMILES string of the molecule is COc1ccccc1C=C1Sc2ccc(C(=O)NC3CCCC3)cc2N(C)C1=O. The van der Waals surface area contributed by atoms with Crippen LogP contribution in [0.4, 0.5) is 5.69 Å². The first kappa shape index (κ1) is 19.6. The van der Waals surface area contributed by atoms with Gasteiger partial charge in [-0.05, 0) is 43.2 Å². The van der Waals surface area contributed by atoms with E-state index >= 15 is 0 Å². The van der Waals surface area contributed by atoms with Crippen molar-refractivity contribution in [2.45, 2.75) is 36.6 Å². The summed E-state index contributed by atoms with van der Waals surface area (Å²) in [6.45, 7) is 0. The van der Waals surface area contributed by atoms with E-state index in [2.05, 4.69) is 5.32 Å². The van der Waals surface area contributed by atoms with E-state index in [1.165, 1.54) is 24.6 Å². The molecule has 5 nitrogen and oxygen atoms in total. The number of anilines is 1. The van der Waals surface area contributed by atoms with Gasteiger partial charge in [-0.1, -0.05) is 42.8 Å². The monoisotopic (exact) mass is 408 g/mol.